The molecule has 0 aromatic carbocycles. The van der Waals surface area contributed by atoms with Gasteiger partial charge in [0.1, 0.15) is 0 Å². The first kappa shape index (κ1) is 10.9. The van der Waals surface area contributed by atoms with E-state index < -0.39 is 5.92 Å². The van der Waals surface area contributed by atoms with Crippen molar-refractivity contribution in [2.45, 2.75) is 38.2 Å². The highest BCUT2D eigenvalue weighted by Gasteiger charge is 2.30. The van der Waals surface area contributed by atoms with Gasteiger partial charge in [-0.2, -0.15) is 0 Å². The molecule has 1 atom stereocenters. The summed E-state index contributed by atoms with van der Waals surface area (Å²) >= 11 is 0. The van der Waals surface area contributed by atoms with Crippen LogP contribution in [0.2, 0.25) is 0 Å². The fourth-order valence-corrected chi connectivity index (χ4v) is 1.65. The van der Waals surface area contributed by atoms with E-state index in [0.29, 0.717) is 19.1 Å². The largest absolute Gasteiger partial charge is 0.330 e. The van der Waals surface area contributed by atoms with E-state index >= 15 is 0 Å². The molecule has 0 aromatic heterocycles. The molecule has 13 heavy (non-hydrogen) atoms. The number of nitrogens with zero attached hydrogens (tertiary/aromatic N) is 1. The molecule has 0 aromatic rings. The predicted octanol–water partition coefficient (Wildman–Crippen LogP) is 1.45. The van der Waals surface area contributed by atoms with Gasteiger partial charge in [0.25, 0.3) is 0 Å². The summed E-state index contributed by atoms with van der Waals surface area (Å²) < 4.78 is 25.0. The summed E-state index contributed by atoms with van der Waals surface area (Å²) in [6.45, 7) is 3.10. The monoisotopic (exact) mass is 192 g/mol. The molecule has 0 aliphatic carbocycles. The Hall–Kier alpha value is -0.220. The fraction of sp³-hybridized carbons (Fsp3) is 1.00. The quantitative estimate of drug-likeness (QED) is 0.714. The topological polar surface area (TPSA) is 29.3 Å². The van der Waals surface area contributed by atoms with Crippen LogP contribution in [0.5, 0.6) is 0 Å². The molecular weight excluding hydrogens is 174 g/mol. The minimum Gasteiger partial charge on any atom is -0.330 e. The third kappa shape index (κ3) is 3.56. The Bertz CT molecular complexity index is 156. The van der Waals surface area contributed by atoms with Crippen molar-refractivity contribution < 1.29 is 8.78 Å². The third-order valence-electron chi connectivity index (χ3n) is 2.60. The van der Waals surface area contributed by atoms with Crippen LogP contribution in [-0.2, 0) is 0 Å². The zero-order chi connectivity index (χ0) is 9.90. The first-order chi connectivity index (χ1) is 6.03. The highest BCUT2D eigenvalue weighted by Crippen LogP contribution is 2.24. The summed E-state index contributed by atoms with van der Waals surface area (Å²) in [5.41, 5.74) is 5.41. The lowest BCUT2D eigenvalue weighted by Crippen LogP contribution is -2.49. The van der Waals surface area contributed by atoms with Gasteiger partial charge in [0, 0.05) is 19.0 Å². The van der Waals surface area contributed by atoms with E-state index in [1.165, 1.54) is 0 Å². The zero-order valence-electron chi connectivity index (χ0n) is 8.10. The number of nitrogens with two attached hydrogens (primary N) is 1. The highest BCUT2D eigenvalue weighted by molar-refractivity contribution is 4.83. The Morgan fingerprint density at radius 2 is 2.23 bits per heavy atom. The van der Waals surface area contributed by atoms with Crippen LogP contribution in [0.4, 0.5) is 8.78 Å². The maximum atomic E-state index is 12.5. The number of alkyl halides is 2. The molecule has 1 rings (SSSR count). The number of rotatable bonds is 5. The number of hydrogen-bond donors (Lipinski definition) is 1. The summed E-state index contributed by atoms with van der Waals surface area (Å²) in [4.78, 5) is 2.10. The molecule has 1 heterocycles. The molecule has 1 unspecified atom stereocenters. The lowest BCUT2D eigenvalue weighted by Gasteiger charge is -2.41. The van der Waals surface area contributed by atoms with Gasteiger partial charge in [-0.05, 0) is 32.9 Å². The Kier molecular flexibility index (Phi) is 3.62. The van der Waals surface area contributed by atoms with E-state index in [1.807, 2.05) is 0 Å². The van der Waals surface area contributed by atoms with Crippen molar-refractivity contribution in [1.29, 1.82) is 0 Å². The van der Waals surface area contributed by atoms with Crippen LogP contribution in [-0.4, -0.2) is 36.5 Å². The van der Waals surface area contributed by atoms with Crippen LogP contribution >= 0.6 is 0 Å². The average molecular weight is 192 g/mol. The smallest absolute Gasteiger partial charge is 0.246 e. The second-order valence-electron chi connectivity index (χ2n) is 3.88. The summed E-state index contributed by atoms with van der Waals surface area (Å²) in [7, 11) is 0. The highest BCUT2D eigenvalue weighted by atomic mass is 19.3. The molecule has 4 heteroatoms. The van der Waals surface area contributed by atoms with Gasteiger partial charge in [-0.1, -0.05) is 0 Å². The van der Waals surface area contributed by atoms with Gasteiger partial charge < -0.3 is 10.6 Å². The molecule has 0 radical (unpaired) electrons. The molecule has 1 fully saturated rings. The van der Waals surface area contributed by atoms with Gasteiger partial charge in [-0.3, -0.25) is 0 Å². The molecular formula is C9H18F2N2. The van der Waals surface area contributed by atoms with Crippen LogP contribution in [0.15, 0.2) is 0 Å². The maximum absolute atomic E-state index is 12.5. The second kappa shape index (κ2) is 4.33. The normalized spacial score (nSPS) is 24.5. The first-order valence-corrected chi connectivity index (χ1v) is 4.85. The summed E-state index contributed by atoms with van der Waals surface area (Å²) in [6, 6.07) is 0.465. The van der Waals surface area contributed by atoms with Gasteiger partial charge in [0.15, 0.2) is 0 Å². The van der Waals surface area contributed by atoms with Gasteiger partial charge in [-0.15, -0.1) is 0 Å². The maximum Gasteiger partial charge on any atom is 0.246 e. The average Bonchev–Trinajstić information content (AvgIpc) is 1.96. The van der Waals surface area contributed by atoms with Crippen LogP contribution in [0.1, 0.15) is 26.2 Å². The molecule has 78 valence electrons. The fourth-order valence-electron chi connectivity index (χ4n) is 1.65. The molecule has 0 amide bonds. The molecule has 1 aliphatic heterocycles. The summed E-state index contributed by atoms with van der Waals surface area (Å²) in [5, 5.41) is 0. The Morgan fingerprint density at radius 1 is 1.54 bits per heavy atom. The number of hydrogen-bond acceptors (Lipinski definition) is 2. The molecule has 0 saturated carbocycles. The van der Waals surface area contributed by atoms with Crippen molar-refractivity contribution in [3.8, 4) is 0 Å². The van der Waals surface area contributed by atoms with Crippen molar-refractivity contribution in [3.05, 3.63) is 0 Å². The molecule has 2 nitrogen and oxygen atoms in total. The third-order valence-corrected chi connectivity index (χ3v) is 2.60. The lowest BCUT2D eigenvalue weighted by atomic mass is 9.99. The Morgan fingerprint density at radius 3 is 2.62 bits per heavy atom. The lowest BCUT2D eigenvalue weighted by molar-refractivity contribution is -0.0148. The minimum absolute atomic E-state index is 0.0337. The Labute approximate surface area is 78.1 Å². The second-order valence-corrected chi connectivity index (χ2v) is 3.88. The van der Waals surface area contributed by atoms with E-state index in [0.717, 1.165) is 26.3 Å². The van der Waals surface area contributed by atoms with Gasteiger partial charge >= 0.3 is 0 Å². The zero-order valence-corrected chi connectivity index (χ0v) is 8.10. The van der Waals surface area contributed by atoms with E-state index in [-0.39, 0.29) is 6.42 Å². The molecule has 2 N–H and O–H groups in total. The predicted molar refractivity (Wildman–Crippen MR) is 48.9 cm³/mol. The van der Waals surface area contributed by atoms with Crippen molar-refractivity contribution in [2.75, 3.05) is 19.6 Å². The van der Waals surface area contributed by atoms with Crippen LogP contribution in [0, 0.1) is 0 Å². The molecule has 0 spiro atoms. The number of likely N-dealkylation sites (tertiary alicyclic amines) is 1. The van der Waals surface area contributed by atoms with E-state index in [9.17, 15) is 8.78 Å². The van der Waals surface area contributed by atoms with Crippen molar-refractivity contribution in [3.63, 3.8) is 0 Å². The van der Waals surface area contributed by atoms with Crippen LogP contribution in [0.25, 0.3) is 0 Å². The molecule has 0 bridgehead atoms. The summed E-state index contributed by atoms with van der Waals surface area (Å²) in [6.07, 6.45) is 2.02. The van der Waals surface area contributed by atoms with Gasteiger partial charge in [0.05, 0.1) is 0 Å². The minimum atomic E-state index is -2.52. The summed E-state index contributed by atoms with van der Waals surface area (Å²) in [5.74, 6) is -2.52. The van der Waals surface area contributed by atoms with Gasteiger partial charge in [0.2, 0.25) is 5.92 Å². The van der Waals surface area contributed by atoms with E-state index in [2.05, 4.69) is 4.90 Å². The van der Waals surface area contributed by atoms with Crippen molar-refractivity contribution in [2.24, 2.45) is 5.73 Å². The van der Waals surface area contributed by atoms with Crippen molar-refractivity contribution in [1.82, 2.24) is 4.90 Å². The number of halogens is 2. The van der Waals surface area contributed by atoms with Crippen LogP contribution in [0.3, 0.4) is 0 Å². The van der Waals surface area contributed by atoms with Crippen molar-refractivity contribution >= 4 is 0 Å². The van der Waals surface area contributed by atoms with E-state index in [4.69, 9.17) is 5.73 Å². The first-order valence-electron chi connectivity index (χ1n) is 4.85. The SMILES string of the molecule is CC(F)(F)CCN1CCC1CCN. The van der Waals surface area contributed by atoms with E-state index in [1.54, 1.807) is 0 Å². The van der Waals surface area contributed by atoms with Gasteiger partial charge in [-0.25, -0.2) is 8.78 Å². The standard InChI is InChI=1S/C9H18F2N2/c1-9(10,11)4-7-13-6-3-8(13)2-5-12/h8H,2-7,12H2,1H3. The van der Waals surface area contributed by atoms with Crippen LogP contribution < -0.4 is 5.73 Å². The molecule has 1 aliphatic rings. The Balaban J connectivity index is 2.15. The molecule has 1 saturated heterocycles.